The van der Waals surface area contributed by atoms with Gasteiger partial charge < -0.3 is 10.0 Å². The lowest BCUT2D eigenvalue weighted by Crippen LogP contribution is -2.50. The van der Waals surface area contributed by atoms with Gasteiger partial charge in [0.2, 0.25) is 0 Å². The van der Waals surface area contributed by atoms with Crippen LogP contribution in [0.3, 0.4) is 0 Å². The molecule has 0 fully saturated rings. The minimum atomic E-state index is -1.33. The average molecular weight is 336 g/mol. The van der Waals surface area contributed by atoms with Gasteiger partial charge in [0, 0.05) is 17.7 Å². The summed E-state index contributed by atoms with van der Waals surface area (Å²) < 4.78 is 0.594. The lowest BCUT2D eigenvalue weighted by atomic mass is 10.0. The maximum atomic E-state index is 12.2. The Labute approximate surface area is 118 Å². The molecule has 98 valence electrons. The summed E-state index contributed by atoms with van der Waals surface area (Å²) in [6, 6.07) is 1.51. The molecule has 0 unspecified atom stereocenters. The predicted octanol–water partition coefficient (Wildman–Crippen LogP) is 2.43. The quantitative estimate of drug-likeness (QED) is 0.861. The van der Waals surface area contributed by atoms with Gasteiger partial charge in [-0.3, -0.25) is 4.79 Å². The maximum absolute atomic E-state index is 12.2. The number of carboxylic acid groups (broad SMARTS) is 1. The number of aromatic nitrogens is 1. The maximum Gasteiger partial charge on any atom is 0.329 e. The second-order valence-electron chi connectivity index (χ2n) is 4.22. The first kappa shape index (κ1) is 14.9. The first-order chi connectivity index (χ1) is 8.17. The third-order valence-corrected chi connectivity index (χ3v) is 3.44. The fourth-order valence-corrected chi connectivity index (χ4v) is 1.67. The van der Waals surface area contributed by atoms with Crippen LogP contribution >= 0.6 is 27.5 Å². The van der Waals surface area contributed by atoms with E-state index in [0.717, 1.165) is 4.90 Å². The van der Waals surface area contributed by atoms with Gasteiger partial charge in [0.1, 0.15) is 10.7 Å². The van der Waals surface area contributed by atoms with E-state index in [0.29, 0.717) is 4.47 Å². The number of carbonyl (C=O) groups is 2. The van der Waals surface area contributed by atoms with Crippen LogP contribution in [-0.4, -0.2) is 39.5 Å². The molecule has 5 nitrogen and oxygen atoms in total. The molecule has 1 aromatic rings. The minimum absolute atomic E-state index is 0.0382. The summed E-state index contributed by atoms with van der Waals surface area (Å²) in [5.41, 5.74) is -1.18. The van der Waals surface area contributed by atoms with Crippen LogP contribution in [0.5, 0.6) is 0 Å². The van der Waals surface area contributed by atoms with Crippen molar-refractivity contribution in [2.24, 2.45) is 0 Å². The number of halogens is 2. The molecular formula is C11H12BrClN2O3. The van der Waals surface area contributed by atoms with Crippen molar-refractivity contribution in [1.29, 1.82) is 0 Å². The molecule has 0 saturated carbocycles. The van der Waals surface area contributed by atoms with Crippen molar-refractivity contribution >= 4 is 39.4 Å². The lowest BCUT2D eigenvalue weighted by molar-refractivity contribution is -0.147. The molecule has 0 radical (unpaired) electrons. The normalized spacial score (nSPS) is 11.2. The fourth-order valence-electron chi connectivity index (χ4n) is 1.15. The SMILES string of the molecule is CN(C(=O)c1cc(Br)cnc1Cl)C(C)(C)C(=O)O. The summed E-state index contributed by atoms with van der Waals surface area (Å²) in [6.07, 6.45) is 1.46. The molecule has 0 aromatic carbocycles. The number of carboxylic acids is 1. The van der Waals surface area contributed by atoms with Crippen molar-refractivity contribution < 1.29 is 14.7 Å². The van der Waals surface area contributed by atoms with Crippen molar-refractivity contribution in [3.8, 4) is 0 Å². The average Bonchev–Trinajstić information content (AvgIpc) is 2.30. The van der Waals surface area contributed by atoms with Crippen LogP contribution in [0.1, 0.15) is 24.2 Å². The van der Waals surface area contributed by atoms with Crippen molar-refractivity contribution in [2.45, 2.75) is 19.4 Å². The van der Waals surface area contributed by atoms with Gasteiger partial charge in [-0.25, -0.2) is 9.78 Å². The molecule has 0 spiro atoms. The number of aliphatic carboxylic acids is 1. The second-order valence-corrected chi connectivity index (χ2v) is 5.49. The summed E-state index contributed by atoms with van der Waals surface area (Å²) in [6.45, 7) is 2.87. The van der Waals surface area contributed by atoms with E-state index in [1.165, 1.54) is 33.2 Å². The smallest absolute Gasteiger partial charge is 0.329 e. The Kier molecular flexibility index (Phi) is 4.34. The van der Waals surface area contributed by atoms with Gasteiger partial charge >= 0.3 is 5.97 Å². The monoisotopic (exact) mass is 334 g/mol. The molecule has 0 bridgehead atoms. The molecule has 1 rings (SSSR count). The molecule has 18 heavy (non-hydrogen) atoms. The van der Waals surface area contributed by atoms with Crippen LogP contribution < -0.4 is 0 Å². The Hall–Kier alpha value is -1.14. The minimum Gasteiger partial charge on any atom is -0.480 e. The van der Waals surface area contributed by atoms with Crippen LogP contribution in [0.25, 0.3) is 0 Å². The van der Waals surface area contributed by atoms with Crippen molar-refractivity contribution in [3.05, 3.63) is 27.5 Å². The summed E-state index contributed by atoms with van der Waals surface area (Å²) in [5.74, 6) is -1.60. The van der Waals surface area contributed by atoms with Gasteiger partial charge in [-0.05, 0) is 35.8 Å². The highest BCUT2D eigenvalue weighted by molar-refractivity contribution is 9.10. The van der Waals surface area contributed by atoms with E-state index in [-0.39, 0.29) is 10.7 Å². The predicted molar refractivity (Wildman–Crippen MR) is 70.8 cm³/mol. The third-order valence-electron chi connectivity index (χ3n) is 2.70. The number of hydrogen-bond acceptors (Lipinski definition) is 3. The molecule has 0 aliphatic carbocycles. The number of hydrogen-bond donors (Lipinski definition) is 1. The van der Waals surface area contributed by atoms with Gasteiger partial charge in [0.05, 0.1) is 5.56 Å². The van der Waals surface area contributed by atoms with Crippen molar-refractivity contribution in [1.82, 2.24) is 9.88 Å². The highest BCUT2D eigenvalue weighted by Gasteiger charge is 2.36. The van der Waals surface area contributed by atoms with E-state index < -0.39 is 17.4 Å². The zero-order chi connectivity index (χ0) is 14.1. The van der Waals surface area contributed by atoms with Gasteiger partial charge in [0.15, 0.2) is 0 Å². The number of pyridine rings is 1. The molecule has 1 N–H and O–H groups in total. The van der Waals surface area contributed by atoms with Crippen LogP contribution in [0.15, 0.2) is 16.7 Å². The van der Waals surface area contributed by atoms with E-state index in [1.807, 2.05) is 0 Å². The van der Waals surface area contributed by atoms with Gasteiger partial charge in [-0.2, -0.15) is 0 Å². The summed E-state index contributed by atoms with van der Waals surface area (Å²) in [4.78, 5) is 28.2. The molecule has 7 heteroatoms. The largest absolute Gasteiger partial charge is 0.480 e. The first-order valence-corrected chi connectivity index (χ1v) is 6.17. The third kappa shape index (κ3) is 2.81. The van der Waals surface area contributed by atoms with Crippen LogP contribution in [0.4, 0.5) is 0 Å². The first-order valence-electron chi connectivity index (χ1n) is 5.00. The van der Waals surface area contributed by atoms with Crippen LogP contribution in [0.2, 0.25) is 5.15 Å². The number of nitrogens with zero attached hydrogens (tertiary/aromatic N) is 2. The lowest BCUT2D eigenvalue weighted by Gasteiger charge is -2.31. The second kappa shape index (κ2) is 5.24. The topological polar surface area (TPSA) is 70.5 Å². The molecular weight excluding hydrogens is 323 g/mol. The Morgan fingerprint density at radius 1 is 1.50 bits per heavy atom. The Morgan fingerprint density at radius 2 is 2.06 bits per heavy atom. The molecule has 1 aromatic heterocycles. The van der Waals surface area contributed by atoms with E-state index >= 15 is 0 Å². The van der Waals surface area contributed by atoms with Gasteiger partial charge in [-0.1, -0.05) is 11.6 Å². The van der Waals surface area contributed by atoms with E-state index in [4.69, 9.17) is 16.7 Å². The number of carbonyl (C=O) groups excluding carboxylic acids is 1. The Balaban J connectivity index is 3.15. The van der Waals surface area contributed by atoms with Crippen LogP contribution in [0, 0.1) is 0 Å². The molecule has 0 aliphatic rings. The number of rotatable bonds is 3. The highest BCUT2D eigenvalue weighted by Crippen LogP contribution is 2.22. The molecule has 1 heterocycles. The Morgan fingerprint density at radius 3 is 2.56 bits per heavy atom. The fraction of sp³-hybridized carbons (Fsp3) is 0.364. The van der Waals surface area contributed by atoms with Gasteiger partial charge in [-0.15, -0.1) is 0 Å². The van der Waals surface area contributed by atoms with E-state index in [2.05, 4.69) is 20.9 Å². The van der Waals surface area contributed by atoms with Crippen molar-refractivity contribution in [2.75, 3.05) is 7.05 Å². The summed E-state index contributed by atoms with van der Waals surface area (Å²) in [5, 5.41) is 9.12. The van der Waals surface area contributed by atoms with E-state index in [9.17, 15) is 9.59 Å². The highest BCUT2D eigenvalue weighted by atomic mass is 79.9. The molecule has 0 aliphatic heterocycles. The van der Waals surface area contributed by atoms with Crippen molar-refractivity contribution in [3.63, 3.8) is 0 Å². The summed E-state index contributed by atoms with van der Waals surface area (Å²) in [7, 11) is 1.41. The number of amides is 1. The Bertz CT molecular complexity index is 505. The molecule has 0 atom stereocenters. The zero-order valence-corrected chi connectivity index (χ0v) is 12.4. The summed E-state index contributed by atoms with van der Waals surface area (Å²) >= 11 is 9.02. The van der Waals surface area contributed by atoms with Gasteiger partial charge in [0.25, 0.3) is 5.91 Å². The number of likely N-dealkylation sites (N-methyl/N-ethyl adjacent to an activating group) is 1. The van der Waals surface area contributed by atoms with Crippen LogP contribution in [-0.2, 0) is 4.79 Å². The standard InChI is InChI=1S/C11H12BrClN2O3/c1-11(2,10(17)18)15(3)9(16)7-4-6(12)5-14-8(7)13/h4-5H,1-3H3,(H,17,18). The molecule has 1 amide bonds. The van der Waals surface area contributed by atoms with E-state index in [1.54, 1.807) is 0 Å². The zero-order valence-electron chi connectivity index (χ0n) is 10.1. The molecule has 0 saturated heterocycles.